The Hall–Kier alpha value is -5.22. The Bertz CT molecular complexity index is 2990. The van der Waals surface area contributed by atoms with Crippen molar-refractivity contribution in [2.45, 2.75) is 102 Å². The largest absolute Gasteiger partial charge is 0.377 e. The first kappa shape index (κ1) is 54.6. The Balaban J connectivity index is 0.895. The van der Waals surface area contributed by atoms with Crippen LogP contribution in [0.25, 0.3) is 21.5 Å². The normalized spacial score (nSPS) is 17.0. The first-order valence-electron chi connectivity index (χ1n) is 27.3. The zero-order chi connectivity index (χ0) is 53.7. The minimum Gasteiger partial charge on any atom is -0.377 e. The van der Waals surface area contributed by atoms with E-state index in [0.717, 1.165) is 65.8 Å². The Kier molecular flexibility index (Phi) is 16.0. The fourth-order valence-corrected chi connectivity index (χ4v) is 15.2. The molecule has 0 bridgehead atoms. The van der Waals surface area contributed by atoms with Gasteiger partial charge in [0.25, 0.3) is 0 Å². The highest BCUT2D eigenvalue weighted by Crippen LogP contribution is 2.43. The number of fused-ring (bicyclic) bond motifs is 2. The number of benzene rings is 6. The minimum atomic E-state index is -3.69. The van der Waals surface area contributed by atoms with Crippen LogP contribution in [0.4, 0.5) is 22.7 Å². The highest BCUT2D eigenvalue weighted by Gasteiger charge is 2.34. The molecule has 0 amide bonds. The molecule has 0 unspecified atom stereocenters. The van der Waals surface area contributed by atoms with Crippen LogP contribution in [0.5, 0.6) is 0 Å². The predicted molar refractivity (Wildman–Crippen MR) is 313 cm³/mol. The van der Waals surface area contributed by atoms with E-state index < -0.39 is 20.0 Å². The third-order valence-corrected chi connectivity index (χ3v) is 19.9. The van der Waals surface area contributed by atoms with Crippen molar-refractivity contribution in [2.24, 2.45) is 0 Å². The maximum atomic E-state index is 14.2. The van der Waals surface area contributed by atoms with Crippen LogP contribution < -0.4 is 19.6 Å². The predicted octanol–water partition coefficient (Wildman–Crippen LogP) is 10.9. The van der Waals surface area contributed by atoms with E-state index in [1.54, 1.807) is 20.7 Å². The van der Waals surface area contributed by atoms with Crippen LogP contribution in [0.1, 0.15) is 112 Å². The molecule has 3 aliphatic heterocycles. The smallest absolute Gasteiger partial charge is 0.243 e. The molecule has 0 saturated carbocycles. The van der Waals surface area contributed by atoms with E-state index in [1.807, 2.05) is 98.7 Å². The molecule has 3 fully saturated rings. The third-order valence-electron chi connectivity index (χ3n) is 16.0. The Morgan fingerprint density at radius 1 is 0.413 bits per heavy atom. The molecule has 75 heavy (non-hydrogen) atoms. The average Bonchev–Trinajstić information content (AvgIpc) is 3.87. The third kappa shape index (κ3) is 10.9. The summed E-state index contributed by atoms with van der Waals surface area (Å²) in [5.74, 6) is 1.26. The van der Waals surface area contributed by atoms with E-state index in [4.69, 9.17) is 0 Å². The number of piperazine rings is 2. The lowest BCUT2D eigenvalue weighted by atomic mass is 9.89. The molecule has 6 aromatic rings. The van der Waals surface area contributed by atoms with Crippen molar-refractivity contribution in [1.29, 1.82) is 0 Å². The summed E-state index contributed by atoms with van der Waals surface area (Å²) in [6.45, 7) is 27.3. The first-order valence-corrected chi connectivity index (χ1v) is 30.2. The van der Waals surface area contributed by atoms with Crippen molar-refractivity contribution < 1.29 is 16.8 Å². The zero-order valence-electron chi connectivity index (χ0n) is 46.8. The van der Waals surface area contributed by atoms with Crippen molar-refractivity contribution in [3.8, 4) is 0 Å². The summed E-state index contributed by atoms with van der Waals surface area (Å²) in [6, 6.07) is 32.8. The topological polar surface area (TPSA) is 94.2 Å². The van der Waals surface area contributed by atoms with Gasteiger partial charge in [0.2, 0.25) is 20.0 Å². The molecule has 0 radical (unpaired) electrons. The monoisotopic (exact) mass is 1050 g/mol. The lowest BCUT2D eigenvalue weighted by Crippen LogP contribution is -2.48. The first-order chi connectivity index (χ1) is 35.6. The maximum absolute atomic E-state index is 14.2. The fourth-order valence-electron chi connectivity index (χ4n) is 11.9. The quantitative estimate of drug-likeness (QED) is 0.0933. The van der Waals surface area contributed by atoms with E-state index in [-0.39, 0.29) is 0 Å². The number of anilines is 4. The van der Waals surface area contributed by atoms with Gasteiger partial charge in [0.1, 0.15) is 0 Å². The molecule has 12 nitrogen and oxygen atoms in total. The summed E-state index contributed by atoms with van der Waals surface area (Å²) < 4.78 is 60.3. The summed E-state index contributed by atoms with van der Waals surface area (Å²) in [5.41, 5.74) is 12.8. The molecule has 0 aromatic heterocycles. The standard InChI is InChI=1S/C61H82N8O4S2/c1-42(2)52-35-46(39-64-25-31-68(32-26-64)74(70,71)58-23-15-17-48-50(58)19-13-21-56(48)62(9)10)36-53(43(3)4)60(52)66-29-30-67(41-66)61-54(44(5)6)37-47(38-55(61)45(7)8)40-65-27-33-69(34-28-65)75(72,73)59-24-16-18-49-51(59)20-14-22-57(49)63(11)12/h13-24,35-38,42-45H,25-34,39-41H2,1-12H3. The summed E-state index contributed by atoms with van der Waals surface area (Å²) >= 11 is 0. The molecule has 0 N–H and O–H groups in total. The number of hydrogen-bond donors (Lipinski definition) is 0. The van der Waals surface area contributed by atoms with Gasteiger partial charge in [0, 0.05) is 151 Å². The fraction of sp³-hybridized carbons (Fsp3) is 0.475. The second-order valence-corrected chi connectivity index (χ2v) is 26.8. The van der Waals surface area contributed by atoms with Gasteiger partial charge in [-0.3, -0.25) is 9.80 Å². The Labute approximate surface area is 449 Å². The Morgan fingerprint density at radius 3 is 1.03 bits per heavy atom. The van der Waals surface area contributed by atoms with Crippen LogP contribution in [-0.4, -0.2) is 136 Å². The summed E-state index contributed by atoms with van der Waals surface area (Å²) in [7, 11) is 0.576. The average molecular weight is 1060 g/mol. The van der Waals surface area contributed by atoms with E-state index in [1.165, 1.54) is 44.8 Å². The summed E-state index contributed by atoms with van der Waals surface area (Å²) in [5, 5.41) is 3.42. The van der Waals surface area contributed by atoms with Gasteiger partial charge in [-0.1, -0.05) is 128 Å². The van der Waals surface area contributed by atoms with E-state index >= 15 is 0 Å². The minimum absolute atomic E-state index is 0.315. The molecule has 0 aliphatic carbocycles. The van der Waals surface area contributed by atoms with Gasteiger partial charge in [0.15, 0.2) is 0 Å². The van der Waals surface area contributed by atoms with Crippen molar-refractivity contribution in [3.05, 3.63) is 130 Å². The molecular formula is C61H82N8O4S2. The molecule has 402 valence electrons. The molecule has 6 aromatic carbocycles. The van der Waals surface area contributed by atoms with Gasteiger partial charge in [-0.05, 0) is 81.3 Å². The molecule has 14 heteroatoms. The lowest BCUT2D eigenvalue weighted by Gasteiger charge is -2.35. The van der Waals surface area contributed by atoms with Crippen molar-refractivity contribution in [1.82, 2.24) is 18.4 Å². The van der Waals surface area contributed by atoms with Gasteiger partial charge >= 0.3 is 0 Å². The number of sulfonamides is 2. The van der Waals surface area contributed by atoms with Gasteiger partial charge in [0.05, 0.1) is 16.5 Å². The molecular weight excluding hydrogens is 973 g/mol. The maximum Gasteiger partial charge on any atom is 0.243 e. The summed E-state index contributed by atoms with van der Waals surface area (Å²) in [6.07, 6.45) is 0. The van der Waals surface area contributed by atoms with Gasteiger partial charge < -0.3 is 19.6 Å². The number of rotatable bonds is 16. The van der Waals surface area contributed by atoms with Gasteiger partial charge in [-0.25, -0.2) is 16.8 Å². The summed E-state index contributed by atoms with van der Waals surface area (Å²) in [4.78, 5) is 14.9. The van der Waals surface area contributed by atoms with Crippen LogP contribution in [0.2, 0.25) is 0 Å². The van der Waals surface area contributed by atoms with E-state index in [0.29, 0.717) is 85.8 Å². The zero-order valence-corrected chi connectivity index (χ0v) is 48.4. The Morgan fingerprint density at radius 2 is 0.720 bits per heavy atom. The van der Waals surface area contributed by atoms with Crippen LogP contribution >= 0.6 is 0 Å². The molecule has 0 spiro atoms. The molecule has 3 aliphatic rings. The number of nitrogens with zero attached hydrogens (tertiary/aromatic N) is 8. The van der Waals surface area contributed by atoms with Gasteiger partial charge in [-0.2, -0.15) is 8.61 Å². The van der Waals surface area contributed by atoms with Crippen molar-refractivity contribution >= 4 is 64.3 Å². The van der Waals surface area contributed by atoms with E-state index in [2.05, 4.69) is 99.3 Å². The lowest BCUT2D eigenvalue weighted by molar-refractivity contribution is 0.181. The van der Waals surface area contributed by atoms with Crippen LogP contribution in [-0.2, 0) is 33.1 Å². The second-order valence-electron chi connectivity index (χ2n) is 22.9. The molecule has 3 saturated heterocycles. The van der Waals surface area contributed by atoms with Crippen molar-refractivity contribution in [3.63, 3.8) is 0 Å². The second kappa shape index (κ2) is 22.0. The van der Waals surface area contributed by atoms with Crippen LogP contribution in [0.3, 0.4) is 0 Å². The van der Waals surface area contributed by atoms with Crippen LogP contribution in [0, 0.1) is 0 Å². The van der Waals surface area contributed by atoms with Gasteiger partial charge in [-0.15, -0.1) is 0 Å². The highest BCUT2D eigenvalue weighted by molar-refractivity contribution is 7.89. The highest BCUT2D eigenvalue weighted by atomic mass is 32.2. The molecule has 0 atom stereocenters. The molecule has 3 heterocycles. The number of hydrogen-bond acceptors (Lipinski definition) is 10. The molecule has 9 rings (SSSR count). The van der Waals surface area contributed by atoms with Crippen LogP contribution in [0.15, 0.2) is 107 Å². The SMILES string of the molecule is CC(C)c1cc(CN2CCN(S(=O)(=O)c3cccc4c(N(C)C)cccc34)CC2)cc(C(C)C)c1N1CCN(c2c(C(C)C)cc(CN3CCN(S(=O)(=O)c4cccc5c(N(C)C)cccc45)CC3)cc2C(C)C)C1. The van der Waals surface area contributed by atoms with Crippen molar-refractivity contribution in [2.75, 3.05) is 120 Å². The van der Waals surface area contributed by atoms with E-state index in [9.17, 15) is 16.8 Å².